The molecule has 0 saturated carbocycles. The van der Waals surface area contributed by atoms with Gasteiger partial charge < -0.3 is 9.84 Å². The summed E-state index contributed by atoms with van der Waals surface area (Å²) in [4.78, 5) is 11.9. The fourth-order valence-electron chi connectivity index (χ4n) is 1.50. The fraction of sp³-hybridized carbons (Fsp3) is 0.364. The van der Waals surface area contributed by atoms with E-state index in [9.17, 15) is 4.79 Å². The molecule has 0 spiro atoms. The Morgan fingerprint density at radius 1 is 1.53 bits per heavy atom. The Balaban J connectivity index is 2.17. The van der Waals surface area contributed by atoms with Gasteiger partial charge in [0.2, 0.25) is 0 Å². The van der Waals surface area contributed by atoms with Gasteiger partial charge in [-0.25, -0.2) is 0 Å². The van der Waals surface area contributed by atoms with Gasteiger partial charge in [-0.1, -0.05) is 5.16 Å². The molecule has 0 atom stereocenters. The van der Waals surface area contributed by atoms with E-state index in [1.807, 2.05) is 6.92 Å². The van der Waals surface area contributed by atoms with Crippen LogP contribution in [0.25, 0.3) is 0 Å². The first kappa shape index (κ1) is 11.4. The minimum atomic E-state index is -0.258. The summed E-state index contributed by atoms with van der Waals surface area (Å²) in [6.45, 7) is 6.22. The summed E-state index contributed by atoms with van der Waals surface area (Å²) in [5.41, 5.74) is 1.65. The maximum Gasteiger partial charge on any atom is 0.276 e. The summed E-state index contributed by atoms with van der Waals surface area (Å²) in [6.07, 6.45) is 1.77. The molecule has 6 heteroatoms. The van der Waals surface area contributed by atoms with Crippen LogP contribution in [0.3, 0.4) is 0 Å². The van der Waals surface area contributed by atoms with Crippen molar-refractivity contribution >= 4 is 11.6 Å². The second-order valence-electron chi connectivity index (χ2n) is 3.71. The van der Waals surface area contributed by atoms with Crippen molar-refractivity contribution in [2.75, 3.05) is 5.32 Å². The Kier molecular flexibility index (Phi) is 2.95. The summed E-state index contributed by atoms with van der Waals surface area (Å²) in [6, 6.07) is 1.68. The molecular weight excluding hydrogens is 220 g/mol. The standard InChI is InChI=1S/C11H14N4O2/c1-4-15-6-5-9(13-15)11(16)12-10-7(2)14-17-8(10)3/h5-6H,4H2,1-3H3,(H,12,16). The molecule has 0 radical (unpaired) electrons. The van der Waals surface area contributed by atoms with Crippen molar-refractivity contribution in [3.63, 3.8) is 0 Å². The van der Waals surface area contributed by atoms with Gasteiger partial charge in [0.25, 0.3) is 5.91 Å². The molecule has 0 fully saturated rings. The van der Waals surface area contributed by atoms with Gasteiger partial charge >= 0.3 is 0 Å². The second kappa shape index (κ2) is 4.40. The number of anilines is 1. The Morgan fingerprint density at radius 2 is 2.29 bits per heavy atom. The third-order valence-corrected chi connectivity index (χ3v) is 2.47. The Morgan fingerprint density at radius 3 is 2.82 bits per heavy atom. The minimum Gasteiger partial charge on any atom is -0.359 e. The van der Waals surface area contributed by atoms with Crippen LogP contribution in [0.15, 0.2) is 16.8 Å². The molecule has 1 N–H and O–H groups in total. The minimum absolute atomic E-state index is 0.258. The van der Waals surface area contributed by atoms with Gasteiger partial charge in [0.1, 0.15) is 11.4 Å². The van der Waals surface area contributed by atoms with E-state index in [0.717, 1.165) is 6.54 Å². The van der Waals surface area contributed by atoms with E-state index in [2.05, 4.69) is 15.6 Å². The van der Waals surface area contributed by atoms with Gasteiger partial charge in [0, 0.05) is 12.7 Å². The van der Waals surface area contributed by atoms with Crippen LogP contribution in [-0.4, -0.2) is 20.8 Å². The first-order valence-electron chi connectivity index (χ1n) is 5.39. The SMILES string of the molecule is CCn1ccc(C(=O)Nc2c(C)noc2C)n1. The van der Waals surface area contributed by atoms with Crippen molar-refractivity contribution < 1.29 is 9.32 Å². The summed E-state index contributed by atoms with van der Waals surface area (Å²) < 4.78 is 6.66. The molecule has 90 valence electrons. The topological polar surface area (TPSA) is 73.0 Å². The molecule has 6 nitrogen and oxygen atoms in total. The molecule has 2 rings (SSSR count). The molecule has 0 bridgehead atoms. The van der Waals surface area contributed by atoms with E-state index in [1.54, 1.807) is 30.8 Å². The molecule has 0 unspecified atom stereocenters. The van der Waals surface area contributed by atoms with Crippen LogP contribution in [0.4, 0.5) is 5.69 Å². The molecule has 2 aromatic heterocycles. The highest BCUT2D eigenvalue weighted by Gasteiger charge is 2.15. The number of hydrogen-bond acceptors (Lipinski definition) is 4. The van der Waals surface area contributed by atoms with E-state index in [4.69, 9.17) is 4.52 Å². The zero-order valence-electron chi connectivity index (χ0n) is 10.0. The van der Waals surface area contributed by atoms with E-state index >= 15 is 0 Å². The lowest BCUT2D eigenvalue weighted by molar-refractivity contribution is 0.102. The van der Waals surface area contributed by atoms with Crippen molar-refractivity contribution in [2.45, 2.75) is 27.3 Å². The molecule has 0 aliphatic carbocycles. The summed E-state index contributed by atoms with van der Waals surface area (Å²) in [5, 5.41) is 10.6. The fourth-order valence-corrected chi connectivity index (χ4v) is 1.50. The number of nitrogens with zero attached hydrogens (tertiary/aromatic N) is 3. The molecule has 17 heavy (non-hydrogen) atoms. The van der Waals surface area contributed by atoms with Crippen molar-refractivity contribution in [2.24, 2.45) is 0 Å². The summed E-state index contributed by atoms with van der Waals surface area (Å²) in [7, 11) is 0. The van der Waals surface area contributed by atoms with Gasteiger partial charge in [-0.2, -0.15) is 5.10 Å². The van der Waals surface area contributed by atoms with Crippen molar-refractivity contribution in [1.82, 2.24) is 14.9 Å². The summed E-state index contributed by atoms with van der Waals surface area (Å²) in [5.74, 6) is 0.331. The quantitative estimate of drug-likeness (QED) is 0.878. The highest BCUT2D eigenvalue weighted by Crippen LogP contribution is 2.19. The molecule has 0 aliphatic rings. The monoisotopic (exact) mass is 234 g/mol. The molecule has 0 aliphatic heterocycles. The van der Waals surface area contributed by atoms with Crippen LogP contribution in [0.5, 0.6) is 0 Å². The van der Waals surface area contributed by atoms with Crippen molar-refractivity contribution in [1.29, 1.82) is 0 Å². The molecule has 2 aromatic rings. The molecule has 0 aromatic carbocycles. The predicted octanol–water partition coefficient (Wildman–Crippen LogP) is 1.76. The molecule has 0 saturated heterocycles. The first-order chi connectivity index (χ1) is 8.11. The van der Waals surface area contributed by atoms with Crippen LogP contribution < -0.4 is 5.32 Å². The highest BCUT2D eigenvalue weighted by molar-refractivity contribution is 6.03. The third kappa shape index (κ3) is 2.20. The largest absolute Gasteiger partial charge is 0.359 e. The summed E-state index contributed by atoms with van der Waals surface area (Å²) >= 11 is 0. The smallest absolute Gasteiger partial charge is 0.276 e. The van der Waals surface area contributed by atoms with E-state index in [0.29, 0.717) is 22.8 Å². The number of carbonyl (C=O) groups is 1. The van der Waals surface area contributed by atoms with E-state index < -0.39 is 0 Å². The van der Waals surface area contributed by atoms with Crippen molar-refractivity contribution in [3.8, 4) is 0 Å². The first-order valence-corrected chi connectivity index (χ1v) is 5.39. The average Bonchev–Trinajstić information content (AvgIpc) is 2.90. The van der Waals surface area contributed by atoms with Crippen molar-refractivity contribution in [3.05, 3.63) is 29.4 Å². The second-order valence-corrected chi connectivity index (χ2v) is 3.71. The lowest BCUT2D eigenvalue weighted by atomic mass is 10.3. The zero-order chi connectivity index (χ0) is 12.4. The molecule has 1 amide bonds. The van der Waals surface area contributed by atoms with Crippen LogP contribution in [0.2, 0.25) is 0 Å². The number of aryl methyl sites for hydroxylation is 3. The van der Waals surface area contributed by atoms with Crippen LogP contribution in [-0.2, 0) is 6.54 Å². The number of aromatic nitrogens is 3. The number of carbonyl (C=O) groups excluding carboxylic acids is 1. The average molecular weight is 234 g/mol. The lowest BCUT2D eigenvalue weighted by Gasteiger charge is -2.01. The number of rotatable bonds is 3. The van der Waals surface area contributed by atoms with Gasteiger partial charge in [0.05, 0.1) is 0 Å². The van der Waals surface area contributed by atoms with Gasteiger partial charge in [-0.3, -0.25) is 9.48 Å². The number of nitrogens with one attached hydrogen (secondary N) is 1. The number of hydrogen-bond donors (Lipinski definition) is 1. The Bertz CT molecular complexity index is 522. The lowest BCUT2D eigenvalue weighted by Crippen LogP contribution is -2.14. The Hall–Kier alpha value is -2.11. The van der Waals surface area contributed by atoms with Gasteiger partial charge in [0.15, 0.2) is 11.5 Å². The highest BCUT2D eigenvalue weighted by atomic mass is 16.5. The zero-order valence-corrected chi connectivity index (χ0v) is 10.0. The maximum atomic E-state index is 11.9. The van der Waals surface area contributed by atoms with Crippen LogP contribution >= 0.6 is 0 Å². The number of amides is 1. The third-order valence-electron chi connectivity index (χ3n) is 2.47. The van der Waals surface area contributed by atoms with Crippen LogP contribution in [0, 0.1) is 13.8 Å². The molecular formula is C11H14N4O2. The van der Waals surface area contributed by atoms with Gasteiger partial charge in [-0.05, 0) is 26.8 Å². The van der Waals surface area contributed by atoms with E-state index in [-0.39, 0.29) is 5.91 Å². The molecule has 2 heterocycles. The maximum absolute atomic E-state index is 11.9. The van der Waals surface area contributed by atoms with E-state index in [1.165, 1.54) is 0 Å². The predicted molar refractivity (Wildman–Crippen MR) is 61.8 cm³/mol. The van der Waals surface area contributed by atoms with Crippen LogP contribution in [0.1, 0.15) is 28.9 Å². The van der Waals surface area contributed by atoms with Gasteiger partial charge in [-0.15, -0.1) is 0 Å². The Labute approximate surface area is 98.6 Å². The normalized spacial score (nSPS) is 10.5.